The van der Waals surface area contributed by atoms with Crippen molar-refractivity contribution in [1.29, 1.82) is 0 Å². The molecule has 3 nitrogen and oxygen atoms in total. The van der Waals surface area contributed by atoms with Gasteiger partial charge >= 0.3 is 0 Å². The van der Waals surface area contributed by atoms with Gasteiger partial charge < -0.3 is 11.1 Å². The first-order valence-electron chi connectivity index (χ1n) is 5.04. The monoisotopic (exact) mass is 294 g/mol. The summed E-state index contributed by atoms with van der Waals surface area (Å²) >= 11 is 17.6. The molecule has 1 amide bonds. The van der Waals surface area contributed by atoms with E-state index in [1.54, 1.807) is 0 Å². The van der Waals surface area contributed by atoms with Gasteiger partial charge in [-0.3, -0.25) is 4.79 Å². The van der Waals surface area contributed by atoms with E-state index in [0.29, 0.717) is 10.7 Å². The first kappa shape index (κ1) is 14.6. The number of rotatable bonds is 3. The lowest BCUT2D eigenvalue weighted by Gasteiger charge is -2.16. The molecule has 0 aliphatic carbocycles. The fourth-order valence-corrected chi connectivity index (χ4v) is 2.08. The Hall–Kier alpha value is -0.480. The van der Waals surface area contributed by atoms with E-state index in [4.69, 9.17) is 40.5 Å². The van der Waals surface area contributed by atoms with Crippen LogP contribution in [-0.2, 0) is 4.79 Å². The van der Waals surface area contributed by atoms with Gasteiger partial charge in [-0.25, -0.2) is 0 Å². The van der Waals surface area contributed by atoms with Crippen molar-refractivity contribution in [2.45, 2.75) is 19.9 Å². The predicted octanol–water partition coefficient (Wildman–Crippen LogP) is 3.57. The number of hydrogen-bond donors (Lipinski definition) is 2. The highest BCUT2D eigenvalue weighted by atomic mass is 35.5. The molecule has 0 aliphatic rings. The van der Waals surface area contributed by atoms with Crippen molar-refractivity contribution in [1.82, 2.24) is 0 Å². The molecule has 1 aromatic carbocycles. The molecule has 0 radical (unpaired) electrons. The average molecular weight is 296 g/mol. The molecule has 1 aromatic rings. The van der Waals surface area contributed by atoms with Crippen LogP contribution < -0.4 is 11.1 Å². The van der Waals surface area contributed by atoms with Gasteiger partial charge in [-0.05, 0) is 18.1 Å². The maximum absolute atomic E-state index is 11.8. The summed E-state index contributed by atoms with van der Waals surface area (Å²) in [6.07, 6.45) is 0. The molecule has 6 heteroatoms. The number of anilines is 1. The van der Waals surface area contributed by atoms with Gasteiger partial charge in [-0.1, -0.05) is 48.7 Å². The zero-order valence-electron chi connectivity index (χ0n) is 9.43. The van der Waals surface area contributed by atoms with Crippen LogP contribution >= 0.6 is 34.8 Å². The molecule has 0 fully saturated rings. The maximum atomic E-state index is 11.8. The Morgan fingerprint density at radius 1 is 1.24 bits per heavy atom. The van der Waals surface area contributed by atoms with E-state index >= 15 is 0 Å². The molecule has 0 aromatic heterocycles. The molecule has 94 valence electrons. The van der Waals surface area contributed by atoms with Crippen LogP contribution in [0.1, 0.15) is 13.8 Å². The highest BCUT2D eigenvalue weighted by Gasteiger charge is 2.19. The van der Waals surface area contributed by atoms with E-state index in [1.165, 1.54) is 12.1 Å². The van der Waals surface area contributed by atoms with E-state index in [9.17, 15) is 4.79 Å². The fraction of sp³-hybridized carbons (Fsp3) is 0.364. The number of hydrogen-bond acceptors (Lipinski definition) is 2. The first-order valence-corrected chi connectivity index (χ1v) is 6.17. The molecule has 0 spiro atoms. The van der Waals surface area contributed by atoms with Crippen molar-refractivity contribution in [2.24, 2.45) is 11.7 Å². The van der Waals surface area contributed by atoms with Crippen LogP contribution in [0.25, 0.3) is 0 Å². The molecule has 1 rings (SSSR count). The lowest BCUT2D eigenvalue weighted by atomic mass is 10.0. The molecule has 0 heterocycles. The van der Waals surface area contributed by atoms with Crippen molar-refractivity contribution in [3.05, 3.63) is 27.2 Å². The highest BCUT2D eigenvalue weighted by molar-refractivity contribution is 6.42. The van der Waals surface area contributed by atoms with Crippen LogP contribution in [0.3, 0.4) is 0 Å². The molecule has 0 saturated heterocycles. The minimum atomic E-state index is -0.613. The van der Waals surface area contributed by atoms with Gasteiger partial charge in [0.25, 0.3) is 0 Å². The fourth-order valence-electron chi connectivity index (χ4n) is 1.17. The molecule has 1 atom stereocenters. The van der Waals surface area contributed by atoms with Crippen LogP contribution in [0.15, 0.2) is 12.1 Å². The van der Waals surface area contributed by atoms with Gasteiger partial charge in [0.2, 0.25) is 5.91 Å². The van der Waals surface area contributed by atoms with Crippen LogP contribution in [0, 0.1) is 5.92 Å². The van der Waals surface area contributed by atoms with Gasteiger partial charge in [-0.15, -0.1) is 0 Å². The molecule has 0 bridgehead atoms. The lowest BCUT2D eigenvalue weighted by Crippen LogP contribution is -2.39. The summed E-state index contributed by atoms with van der Waals surface area (Å²) in [7, 11) is 0. The number of halogens is 3. The Labute approximate surface area is 115 Å². The average Bonchev–Trinajstić information content (AvgIpc) is 2.21. The van der Waals surface area contributed by atoms with Crippen LogP contribution in [0.5, 0.6) is 0 Å². The second-order valence-electron chi connectivity index (χ2n) is 4.00. The lowest BCUT2D eigenvalue weighted by molar-refractivity contribution is -0.118. The topological polar surface area (TPSA) is 55.1 Å². The number of carbonyl (C=O) groups excluding carboxylic acids is 1. The predicted molar refractivity (Wildman–Crippen MR) is 72.9 cm³/mol. The van der Waals surface area contributed by atoms with Crippen molar-refractivity contribution < 1.29 is 4.79 Å². The zero-order chi connectivity index (χ0) is 13.2. The Morgan fingerprint density at radius 3 is 2.12 bits per heavy atom. The van der Waals surface area contributed by atoms with Gasteiger partial charge in [0.1, 0.15) is 0 Å². The quantitative estimate of drug-likeness (QED) is 0.895. The van der Waals surface area contributed by atoms with E-state index in [0.717, 1.165) is 0 Å². The summed E-state index contributed by atoms with van der Waals surface area (Å²) < 4.78 is 0. The number of carbonyl (C=O) groups is 1. The van der Waals surface area contributed by atoms with E-state index in [2.05, 4.69) is 5.32 Å². The van der Waals surface area contributed by atoms with Crippen molar-refractivity contribution in [3.63, 3.8) is 0 Å². The summed E-state index contributed by atoms with van der Waals surface area (Å²) in [4.78, 5) is 11.8. The largest absolute Gasteiger partial charge is 0.322 e. The minimum Gasteiger partial charge on any atom is -0.322 e. The Bertz CT molecular complexity index is 412. The first-order chi connectivity index (χ1) is 7.82. The molecule has 3 N–H and O–H groups in total. The van der Waals surface area contributed by atoms with Crippen LogP contribution in [0.4, 0.5) is 5.69 Å². The van der Waals surface area contributed by atoms with Crippen LogP contribution in [0.2, 0.25) is 15.1 Å². The third kappa shape index (κ3) is 3.75. The summed E-state index contributed by atoms with van der Waals surface area (Å²) in [5, 5.41) is 3.58. The smallest absolute Gasteiger partial charge is 0.241 e. The van der Waals surface area contributed by atoms with Crippen molar-refractivity contribution >= 4 is 46.4 Å². The van der Waals surface area contributed by atoms with Gasteiger partial charge in [0.15, 0.2) is 0 Å². The Morgan fingerprint density at radius 2 is 1.71 bits per heavy atom. The minimum absolute atomic E-state index is 0.0276. The summed E-state index contributed by atoms with van der Waals surface area (Å²) in [5.41, 5.74) is 6.05. The number of nitrogens with two attached hydrogens (primary N) is 1. The van der Waals surface area contributed by atoms with Gasteiger partial charge in [-0.2, -0.15) is 0 Å². The van der Waals surface area contributed by atoms with Gasteiger partial charge in [0, 0.05) is 5.02 Å². The third-order valence-electron chi connectivity index (χ3n) is 2.28. The van der Waals surface area contributed by atoms with E-state index < -0.39 is 6.04 Å². The van der Waals surface area contributed by atoms with E-state index in [-0.39, 0.29) is 21.9 Å². The molecule has 17 heavy (non-hydrogen) atoms. The van der Waals surface area contributed by atoms with Gasteiger partial charge in [0.05, 0.1) is 21.8 Å². The standard InChI is InChI=1S/C11H13Cl3N2O/c1-5(2)9(15)11(17)16-10-7(13)3-6(12)4-8(10)14/h3-5,9H,15H2,1-2H3,(H,16,17)/t9-/m0/s1. The summed E-state index contributed by atoms with van der Waals surface area (Å²) in [6.45, 7) is 3.71. The third-order valence-corrected chi connectivity index (χ3v) is 3.09. The maximum Gasteiger partial charge on any atom is 0.241 e. The molecular formula is C11H13Cl3N2O. The second kappa shape index (κ2) is 5.91. The second-order valence-corrected chi connectivity index (χ2v) is 5.25. The summed E-state index contributed by atoms with van der Waals surface area (Å²) in [5.74, 6) is -0.300. The van der Waals surface area contributed by atoms with Crippen LogP contribution in [-0.4, -0.2) is 11.9 Å². The highest BCUT2D eigenvalue weighted by Crippen LogP contribution is 2.33. The SMILES string of the molecule is CC(C)[C@H](N)C(=O)Nc1c(Cl)cc(Cl)cc1Cl. The number of amides is 1. The molecule has 0 aliphatic heterocycles. The Balaban J connectivity index is 2.93. The van der Waals surface area contributed by atoms with Crippen molar-refractivity contribution in [2.75, 3.05) is 5.32 Å². The van der Waals surface area contributed by atoms with Crippen molar-refractivity contribution in [3.8, 4) is 0 Å². The molecular weight excluding hydrogens is 282 g/mol. The molecule has 0 saturated carbocycles. The summed E-state index contributed by atoms with van der Waals surface area (Å²) in [6, 6.07) is 2.40. The Kier molecular flexibility index (Phi) is 5.07. The zero-order valence-corrected chi connectivity index (χ0v) is 11.7. The number of benzene rings is 1. The normalized spacial score (nSPS) is 12.6. The van der Waals surface area contributed by atoms with E-state index in [1.807, 2.05) is 13.8 Å². The molecule has 0 unspecified atom stereocenters. The number of nitrogens with one attached hydrogen (secondary N) is 1.